The molecule has 0 N–H and O–H groups in total. The zero-order valence-corrected chi connectivity index (χ0v) is 20.2. The van der Waals surface area contributed by atoms with Gasteiger partial charge in [-0.15, -0.1) is 0 Å². The average Bonchev–Trinajstić information content (AvgIpc) is 3.43. The fourth-order valence-corrected chi connectivity index (χ4v) is 5.46. The quantitative estimate of drug-likeness (QED) is 0.451. The molecule has 0 spiro atoms. The van der Waals surface area contributed by atoms with Gasteiger partial charge in [0, 0.05) is 87.2 Å². The first-order valence-corrected chi connectivity index (χ1v) is 12.3. The molecule has 3 aromatic rings. The van der Waals surface area contributed by atoms with E-state index in [0.717, 1.165) is 74.9 Å². The molecule has 4 nitrogen and oxygen atoms in total. The normalized spacial score (nSPS) is 18.3. The van der Waals surface area contributed by atoms with Crippen molar-refractivity contribution < 1.29 is 13.2 Å². The molecular weight excluding hydrogens is 461 g/mol. The molecule has 0 atom stereocenters. The second-order valence-corrected chi connectivity index (χ2v) is 9.95. The van der Waals surface area contributed by atoms with Crippen LogP contribution in [0.3, 0.4) is 0 Å². The number of nitrogens with zero attached hydrogens (tertiary/aromatic N) is 4. The molecule has 2 fully saturated rings. The van der Waals surface area contributed by atoms with Gasteiger partial charge in [-0.25, -0.2) is 0 Å². The first-order valence-electron chi connectivity index (χ1n) is 11.9. The molecule has 0 radical (unpaired) electrons. The van der Waals surface area contributed by atoms with E-state index >= 15 is 0 Å². The van der Waals surface area contributed by atoms with Crippen molar-refractivity contribution in [1.82, 2.24) is 14.4 Å². The van der Waals surface area contributed by atoms with Gasteiger partial charge in [-0.3, -0.25) is 9.80 Å². The monoisotopic (exact) mass is 490 g/mol. The SMILES string of the molecule is Cn1cc(CN2CCN(Cc3ccc(C(F)(F)F)cc3N3CCCC3)CC2)c2cc(Cl)ccc21. The largest absolute Gasteiger partial charge is 0.416 e. The van der Waals surface area contributed by atoms with Crippen LogP contribution in [0, 0.1) is 0 Å². The lowest BCUT2D eigenvalue weighted by Gasteiger charge is -2.35. The Bertz CT molecular complexity index is 1160. The summed E-state index contributed by atoms with van der Waals surface area (Å²) in [7, 11) is 2.06. The average molecular weight is 491 g/mol. The zero-order chi connectivity index (χ0) is 23.9. The molecule has 0 aliphatic carbocycles. The highest BCUT2D eigenvalue weighted by Crippen LogP contribution is 2.35. The Morgan fingerprint density at radius 2 is 1.47 bits per heavy atom. The van der Waals surface area contributed by atoms with E-state index in [0.29, 0.717) is 6.54 Å². The maximum Gasteiger partial charge on any atom is 0.416 e. The number of fused-ring (bicyclic) bond motifs is 1. The molecule has 2 saturated heterocycles. The molecule has 2 aromatic carbocycles. The van der Waals surface area contributed by atoms with E-state index in [1.165, 1.54) is 28.6 Å². The van der Waals surface area contributed by atoms with Crippen LogP contribution in [0.25, 0.3) is 10.9 Å². The number of benzene rings is 2. The Balaban J connectivity index is 1.26. The summed E-state index contributed by atoms with van der Waals surface area (Å²) >= 11 is 6.24. The molecule has 1 aromatic heterocycles. The van der Waals surface area contributed by atoms with Crippen molar-refractivity contribution in [2.75, 3.05) is 44.2 Å². The van der Waals surface area contributed by atoms with E-state index in [-0.39, 0.29) is 0 Å². The van der Waals surface area contributed by atoms with Crippen LogP contribution in [-0.2, 0) is 26.3 Å². The zero-order valence-electron chi connectivity index (χ0n) is 19.4. The van der Waals surface area contributed by atoms with Gasteiger partial charge in [0.2, 0.25) is 0 Å². The van der Waals surface area contributed by atoms with Gasteiger partial charge in [0.15, 0.2) is 0 Å². The van der Waals surface area contributed by atoms with E-state index in [2.05, 4.69) is 38.6 Å². The molecule has 0 bridgehead atoms. The van der Waals surface area contributed by atoms with Crippen molar-refractivity contribution in [3.8, 4) is 0 Å². The third-order valence-corrected chi connectivity index (χ3v) is 7.38. The smallest absolute Gasteiger partial charge is 0.371 e. The maximum atomic E-state index is 13.3. The van der Waals surface area contributed by atoms with Gasteiger partial charge in [0.05, 0.1) is 5.56 Å². The van der Waals surface area contributed by atoms with Crippen LogP contribution in [0.5, 0.6) is 0 Å². The molecule has 5 rings (SSSR count). The molecule has 182 valence electrons. The van der Waals surface area contributed by atoms with Crippen LogP contribution in [0.1, 0.15) is 29.5 Å². The maximum absolute atomic E-state index is 13.3. The predicted molar refractivity (Wildman–Crippen MR) is 131 cm³/mol. The molecule has 0 amide bonds. The molecule has 0 saturated carbocycles. The Kier molecular flexibility index (Phi) is 6.53. The first-order chi connectivity index (χ1) is 16.3. The van der Waals surface area contributed by atoms with Crippen LogP contribution in [0.15, 0.2) is 42.6 Å². The number of rotatable bonds is 5. The number of hydrogen-bond acceptors (Lipinski definition) is 3. The summed E-state index contributed by atoms with van der Waals surface area (Å²) in [6, 6.07) is 10.3. The minimum absolute atomic E-state index is 0.557. The standard InChI is InChI=1S/C26H30ClF3N4/c1-31-16-20(23-15-22(27)6-7-24(23)31)18-33-12-10-32(11-13-33)17-19-4-5-21(26(28,29)30)14-25(19)34-8-2-3-9-34/h4-7,14-16H,2-3,8-13,17-18H2,1H3. The second kappa shape index (κ2) is 9.44. The Labute approximate surface area is 203 Å². The molecule has 8 heteroatoms. The Morgan fingerprint density at radius 3 is 2.12 bits per heavy atom. The predicted octanol–water partition coefficient (Wildman–Crippen LogP) is 5.77. The van der Waals surface area contributed by atoms with Crippen LogP contribution in [-0.4, -0.2) is 53.6 Å². The van der Waals surface area contributed by atoms with Crippen LogP contribution in [0.2, 0.25) is 5.02 Å². The topological polar surface area (TPSA) is 14.7 Å². The van der Waals surface area contributed by atoms with Crippen LogP contribution >= 0.6 is 11.6 Å². The summed E-state index contributed by atoms with van der Waals surface area (Å²) in [5.74, 6) is 0. The minimum atomic E-state index is -4.32. The summed E-state index contributed by atoms with van der Waals surface area (Å²) in [6.07, 6.45) is -0.0656. The van der Waals surface area contributed by atoms with Gasteiger partial charge in [0.25, 0.3) is 0 Å². The van der Waals surface area contributed by atoms with Gasteiger partial charge in [-0.05, 0) is 54.3 Å². The van der Waals surface area contributed by atoms with Crippen molar-refractivity contribution in [2.45, 2.75) is 32.1 Å². The van der Waals surface area contributed by atoms with Gasteiger partial charge in [-0.2, -0.15) is 13.2 Å². The lowest BCUT2D eigenvalue weighted by atomic mass is 10.1. The Morgan fingerprint density at radius 1 is 0.824 bits per heavy atom. The molecule has 2 aliphatic rings. The molecule has 3 heterocycles. The fourth-order valence-electron chi connectivity index (χ4n) is 5.29. The summed E-state index contributed by atoms with van der Waals surface area (Å²) in [5, 5.41) is 1.94. The van der Waals surface area contributed by atoms with E-state index in [1.807, 2.05) is 12.1 Å². The highest BCUT2D eigenvalue weighted by atomic mass is 35.5. The van der Waals surface area contributed by atoms with E-state index in [4.69, 9.17) is 11.6 Å². The van der Waals surface area contributed by atoms with Crippen LogP contribution < -0.4 is 4.90 Å². The van der Waals surface area contributed by atoms with Gasteiger partial charge >= 0.3 is 6.18 Å². The lowest BCUT2D eigenvalue weighted by Crippen LogP contribution is -2.45. The second-order valence-electron chi connectivity index (χ2n) is 9.51. The van der Waals surface area contributed by atoms with Crippen LogP contribution in [0.4, 0.5) is 18.9 Å². The molecular formula is C26H30ClF3N4. The third-order valence-electron chi connectivity index (χ3n) is 7.15. The summed E-state index contributed by atoms with van der Waals surface area (Å²) in [5.41, 5.74) is 3.63. The van der Waals surface area contributed by atoms with Crippen molar-refractivity contribution >= 4 is 28.2 Å². The van der Waals surface area contributed by atoms with Crippen molar-refractivity contribution in [2.24, 2.45) is 7.05 Å². The van der Waals surface area contributed by atoms with E-state index in [1.54, 1.807) is 6.07 Å². The Hall–Kier alpha value is -2.22. The number of anilines is 1. The summed E-state index contributed by atoms with van der Waals surface area (Å²) < 4.78 is 42.2. The molecule has 0 unspecified atom stereocenters. The first kappa shape index (κ1) is 23.5. The molecule has 34 heavy (non-hydrogen) atoms. The van der Waals surface area contributed by atoms with Gasteiger partial charge in [-0.1, -0.05) is 17.7 Å². The number of piperazine rings is 1. The van der Waals surface area contributed by atoms with Crippen molar-refractivity contribution in [1.29, 1.82) is 0 Å². The highest BCUT2D eigenvalue weighted by molar-refractivity contribution is 6.31. The number of aryl methyl sites for hydroxylation is 1. The van der Waals surface area contributed by atoms with E-state index < -0.39 is 11.7 Å². The summed E-state index contributed by atoms with van der Waals surface area (Å²) in [6.45, 7) is 6.85. The van der Waals surface area contributed by atoms with Gasteiger partial charge in [0.1, 0.15) is 0 Å². The number of aromatic nitrogens is 1. The van der Waals surface area contributed by atoms with Crippen molar-refractivity contribution in [3.05, 3.63) is 64.3 Å². The highest BCUT2D eigenvalue weighted by Gasteiger charge is 2.32. The van der Waals surface area contributed by atoms with E-state index in [9.17, 15) is 13.2 Å². The summed E-state index contributed by atoms with van der Waals surface area (Å²) in [4.78, 5) is 6.92. The third kappa shape index (κ3) is 4.92. The fraction of sp³-hybridized carbons (Fsp3) is 0.462. The number of halogens is 4. The van der Waals surface area contributed by atoms with Crippen molar-refractivity contribution in [3.63, 3.8) is 0 Å². The lowest BCUT2D eigenvalue weighted by molar-refractivity contribution is -0.137. The van der Waals surface area contributed by atoms with Gasteiger partial charge < -0.3 is 9.47 Å². The number of alkyl halides is 3. The molecule has 2 aliphatic heterocycles. The number of hydrogen-bond donors (Lipinski definition) is 0. The minimum Gasteiger partial charge on any atom is -0.371 e.